The summed E-state index contributed by atoms with van der Waals surface area (Å²) in [6, 6.07) is 6.03. The Morgan fingerprint density at radius 2 is 1.45 bits per heavy atom. The molecule has 2 rings (SSSR count). The summed E-state index contributed by atoms with van der Waals surface area (Å²) in [4.78, 5) is -1.59. The molecular formula is C16H15N5O8S2. The van der Waals surface area contributed by atoms with Gasteiger partial charge in [-0.3, -0.25) is 14.5 Å². The summed E-state index contributed by atoms with van der Waals surface area (Å²) in [7, 11) is -9.49. The van der Waals surface area contributed by atoms with E-state index in [9.17, 15) is 27.0 Å². The van der Waals surface area contributed by atoms with Crippen molar-refractivity contribution in [2.24, 2.45) is 15.3 Å². The molecule has 31 heavy (non-hydrogen) atoms. The van der Waals surface area contributed by atoms with E-state index in [1.807, 2.05) is 0 Å². The minimum atomic E-state index is -4.75. The van der Waals surface area contributed by atoms with Crippen molar-refractivity contribution in [2.45, 2.75) is 23.6 Å². The van der Waals surface area contributed by atoms with Crippen molar-refractivity contribution in [1.29, 1.82) is 5.26 Å². The quantitative estimate of drug-likeness (QED) is 0.107. The molecule has 0 spiro atoms. The van der Waals surface area contributed by atoms with Crippen molar-refractivity contribution < 1.29 is 36.2 Å². The maximum Gasteiger partial charge on any atom is 0.298 e. The van der Waals surface area contributed by atoms with Crippen LogP contribution in [0.15, 0.2) is 49.4 Å². The Balaban J connectivity index is 2.42. The van der Waals surface area contributed by atoms with Crippen molar-refractivity contribution in [2.75, 3.05) is 5.43 Å². The fourth-order valence-electron chi connectivity index (χ4n) is 2.31. The average Bonchev–Trinajstić information content (AvgIpc) is 2.64. The summed E-state index contributed by atoms with van der Waals surface area (Å²) in [5, 5.41) is 39.6. The molecule has 0 atom stereocenters. The standard InChI is InChI=1S/C16H15N5O8S2/c1-8-3-10(15(22)12(5-8)30(24,25)26)18-20-14(7-17)21-19-11-4-9(2)6-13(16(11)23)31(27,28)29/h3-6,18,22-23H,1-2H3,(H,24,25,26)(H,27,28,29). The van der Waals surface area contributed by atoms with E-state index in [4.69, 9.17) is 14.4 Å². The van der Waals surface area contributed by atoms with Gasteiger partial charge in [0.15, 0.2) is 11.5 Å². The lowest BCUT2D eigenvalue weighted by Crippen LogP contribution is -2.02. The maximum absolute atomic E-state index is 11.3. The lowest BCUT2D eigenvalue weighted by Gasteiger charge is -2.09. The Labute approximate surface area is 176 Å². The summed E-state index contributed by atoms with van der Waals surface area (Å²) in [5.41, 5.74) is 2.17. The molecule has 2 aromatic rings. The maximum atomic E-state index is 11.3. The lowest BCUT2D eigenvalue weighted by molar-refractivity contribution is 0.442. The number of aryl methyl sites for hydroxylation is 2. The molecule has 0 aliphatic heterocycles. The molecule has 5 N–H and O–H groups in total. The normalized spacial score (nSPS) is 12.7. The van der Waals surface area contributed by atoms with Gasteiger partial charge < -0.3 is 10.2 Å². The molecule has 0 radical (unpaired) electrons. The smallest absolute Gasteiger partial charge is 0.298 e. The van der Waals surface area contributed by atoms with Crippen LogP contribution in [-0.2, 0) is 20.2 Å². The number of phenols is 2. The molecule has 0 fully saturated rings. The fraction of sp³-hybridized carbons (Fsp3) is 0.125. The van der Waals surface area contributed by atoms with Crippen LogP contribution >= 0.6 is 0 Å². The predicted molar refractivity (Wildman–Crippen MR) is 107 cm³/mol. The number of hydrogen-bond acceptors (Lipinski definition) is 10. The largest absolute Gasteiger partial charge is 0.504 e. The molecule has 0 amide bonds. The zero-order valence-electron chi connectivity index (χ0n) is 15.8. The number of azo groups is 1. The number of amidine groups is 1. The number of nitrogens with one attached hydrogen (secondary N) is 1. The summed E-state index contributed by atoms with van der Waals surface area (Å²) >= 11 is 0. The van der Waals surface area contributed by atoms with Crippen LogP contribution in [0.5, 0.6) is 11.5 Å². The highest BCUT2D eigenvalue weighted by molar-refractivity contribution is 7.86. The van der Waals surface area contributed by atoms with Crippen molar-refractivity contribution in [1.82, 2.24) is 0 Å². The van der Waals surface area contributed by atoms with Crippen LogP contribution in [0.3, 0.4) is 0 Å². The first-order valence-electron chi connectivity index (χ1n) is 8.01. The Bertz CT molecular complexity index is 1360. The molecule has 0 aromatic heterocycles. The summed E-state index contributed by atoms with van der Waals surface area (Å²) in [6.07, 6.45) is 0. The number of anilines is 1. The second-order valence-corrected chi connectivity index (χ2v) is 8.88. The van der Waals surface area contributed by atoms with Crippen LogP contribution < -0.4 is 5.43 Å². The van der Waals surface area contributed by atoms with Crippen LogP contribution in [0.25, 0.3) is 0 Å². The summed E-state index contributed by atoms with van der Waals surface area (Å²) in [6.45, 7) is 2.93. The van der Waals surface area contributed by atoms with Crippen molar-refractivity contribution >= 4 is 37.4 Å². The van der Waals surface area contributed by atoms with Crippen LogP contribution in [0, 0.1) is 25.2 Å². The molecular weight excluding hydrogens is 454 g/mol. The monoisotopic (exact) mass is 469 g/mol. The minimum Gasteiger partial charge on any atom is -0.504 e. The second-order valence-electron chi connectivity index (χ2n) is 6.10. The lowest BCUT2D eigenvalue weighted by atomic mass is 10.2. The van der Waals surface area contributed by atoms with Gasteiger partial charge in [0.05, 0.1) is 5.69 Å². The zero-order chi connectivity index (χ0) is 23.6. The van der Waals surface area contributed by atoms with Crippen LogP contribution in [0.1, 0.15) is 11.1 Å². The van der Waals surface area contributed by atoms with Gasteiger partial charge in [0.2, 0.25) is 0 Å². The van der Waals surface area contributed by atoms with Gasteiger partial charge in [0, 0.05) is 0 Å². The van der Waals surface area contributed by atoms with Crippen molar-refractivity contribution in [3.63, 3.8) is 0 Å². The number of hydrogen-bond donors (Lipinski definition) is 5. The number of benzene rings is 2. The first-order chi connectivity index (χ1) is 14.2. The summed E-state index contributed by atoms with van der Waals surface area (Å²) < 4.78 is 63.6. The Morgan fingerprint density at radius 1 is 0.935 bits per heavy atom. The fourth-order valence-corrected chi connectivity index (χ4v) is 3.68. The van der Waals surface area contributed by atoms with Crippen LogP contribution in [0.2, 0.25) is 0 Å². The van der Waals surface area contributed by atoms with Gasteiger partial charge in [-0.1, -0.05) is 0 Å². The zero-order valence-corrected chi connectivity index (χ0v) is 17.5. The molecule has 0 heterocycles. The first-order valence-corrected chi connectivity index (χ1v) is 10.9. The Kier molecular flexibility index (Phi) is 6.61. The molecule has 2 aromatic carbocycles. The molecule has 0 bridgehead atoms. The van der Waals surface area contributed by atoms with E-state index < -0.39 is 47.4 Å². The molecule has 0 aliphatic carbocycles. The topological polar surface area (TPSA) is 222 Å². The third-order valence-corrected chi connectivity index (χ3v) is 5.34. The number of nitriles is 1. The molecule has 164 valence electrons. The number of rotatable bonds is 5. The van der Waals surface area contributed by atoms with Crippen LogP contribution in [0.4, 0.5) is 11.4 Å². The highest BCUT2D eigenvalue weighted by Gasteiger charge is 2.20. The number of hydrazone groups is 1. The number of nitrogens with zero attached hydrogens (tertiary/aromatic N) is 4. The van der Waals surface area contributed by atoms with E-state index in [0.29, 0.717) is 11.1 Å². The third-order valence-electron chi connectivity index (χ3n) is 3.61. The molecule has 0 unspecified atom stereocenters. The first kappa shape index (κ1) is 23.7. The van der Waals surface area contributed by atoms with Crippen molar-refractivity contribution in [3.05, 3.63) is 35.4 Å². The van der Waals surface area contributed by atoms with E-state index in [2.05, 4.69) is 20.8 Å². The SMILES string of the molecule is Cc1cc(N=NC(C#N)=NNc2cc(C)cc(S(=O)(=O)O)c2O)c(O)c(S(=O)(=O)O)c1. The second kappa shape index (κ2) is 8.65. The minimum absolute atomic E-state index is 0.275. The summed E-state index contributed by atoms with van der Waals surface area (Å²) in [5.74, 6) is -2.43. The van der Waals surface area contributed by atoms with Gasteiger partial charge in [-0.05, 0) is 49.2 Å². The van der Waals surface area contributed by atoms with Gasteiger partial charge in [0.1, 0.15) is 21.5 Å². The number of aromatic hydroxyl groups is 2. The van der Waals surface area contributed by atoms with Gasteiger partial charge >= 0.3 is 0 Å². The highest BCUT2D eigenvalue weighted by Crippen LogP contribution is 2.35. The van der Waals surface area contributed by atoms with E-state index in [1.54, 1.807) is 0 Å². The van der Waals surface area contributed by atoms with Gasteiger partial charge in [-0.25, -0.2) is 0 Å². The number of phenolic OH excluding ortho intramolecular Hbond substituents is 2. The Hall–Kier alpha value is -3.58. The van der Waals surface area contributed by atoms with Crippen LogP contribution in [-0.4, -0.2) is 42.0 Å². The van der Waals surface area contributed by atoms with Crippen molar-refractivity contribution in [3.8, 4) is 17.6 Å². The van der Waals surface area contributed by atoms with E-state index in [1.165, 1.54) is 32.0 Å². The highest BCUT2D eigenvalue weighted by atomic mass is 32.2. The Morgan fingerprint density at radius 3 is 1.97 bits per heavy atom. The molecule has 0 saturated carbocycles. The van der Waals surface area contributed by atoms with Gasteiger partial charge in [-0.2, -0.15) is 22.1 Å². The molecule has 0 aliphatic rings. The average molecular weight is 469 g/mol. The van der Waals surface area contributed by atoms with E-state index in [0.717, 1.165) is 12.1 Å². The van der Waals surface area contributed by atoms with E-state index >= 15 is 0 Å². The predicted octanol–water partition coefficient (Wildman–Crippen LogP) is 2.24. The van der Waals surface area contributed by atoms with Gasteiger partial charge in [0.25, 0.3) is 26.1 Å². The molecule has 13 nitrogen and oxygen atoms in total. The van der Waals surface area contributed by atoms with Gasteiger partial charge in [-0.15, -0.1) is 15.3 Å². The third kappa shape index (κ3) is 5.73. The molecule has 0 saturated heterocycles. The van der Waals surface area contributed by atoms with E-state index in [-0.39, 0.29) is 11.4 Å². The molecule has 15 heteroatoms.